The third-order valence-corrected chi connectivity index (χ3v) is 4.62. The minimum atomic E-state index is 0.220. The lowest BCUT2D eigenvalue weighted by atomic mass is 9.93. The van der Waals surface area contributed by atoms with Crippen LogP contribution in [0.5, 0.6) is 0 Å². The molecule has 0 radical (unpaired) electrons. The maximum Gasteiger partial charge on any atom is 0.228 e. The highest BCUT2D eigenvalue weighted by molar-refractivity contribution is 5.81. The van der Waals surface area contributed by atoms with Crippen LogP contribution in [0.2, 0.25) is 0 Å². The Morgan fingerprint density at radius 3 is 2.68 bits per heavy atom. The van der Waals surface area contributed by atoms with Gasteiger partial charge in [0.25, 0.3) is 0 Å². The predicted molar refractivity (Wildman–Crippen MR) is 76.1 cm³/mol. The SMILES string of the molecule is Cc1ccccc1C1CC(C)N(C(=O)C2CNC2)C1. The summed E-state index contributed by atoms with van der Waals surface area (Å²) in [5.41, 5.74) is 2.76. The fourth-order valence-electron chi connectivity index (χ4n) is 3.31. The molecule has 102 valence electrons. The molecule has 2 aliphatic rings. The lowest BCUT2D eigenvalue weighted by Gasteiger charge is -2.32. The quantitative estimate of drug-likeness (QED) is 0.879. The van der Waals surface area contributed by atoms with Gasteiger partial charge in [-0.2, -0.15) is 0 Å². The van der Waals surface area contributed by atoms with E-state index < -0.39 is 0 Å². The average Bonchev–Trinajstić information content (AvgIpc) is 2.69. The monoisotopic (exact) mass is 258 g/mol. The number of hydrogen-bond donors (Lipinski definition) is 1. The van der Waals surface area contributed by atoms with Crippen LogP contribution in [0.25, 0.3) is 0 Å². The van der Waals surface area contributed by atoms with Crippen molar-refractivity contribution >= 4 is 5.91 Å². The van der Waals surface area contributed by atoms with Gasteiger partial charge in [0.2, 0.25) is 5.91 Å². The van der Waals surface area contributed by atoms with Crippen molar-refractivity contribution in [3.63, 3.8) is 0 Å². The van der Waals surface area contributed by atoms with Crippen molar-refractivity contribution in [2.45, 2.75) is 32.2 Å². The van der Waals surface area contributed by atoms with E-state index in [0.29, 0.717) is 17.9 Å². The number of benzene rings is 1. The molecule has 3 rings (SSSR count). The molecule has 0 aromatic heterocycles. The maximum absolute atomic E-state index is 12.4. The molecular weight excluding hydrogens is 236 g/mol. The fraction of sp³-hybridized carbons (Fsp3) is 0.562. The van der Waals surface area contributed by atoms with Crippen LogP contribution in [-0.2, 0) is 4.79 Å². The normalized spacial score (nSPS) is 27.4. The van der Waals surface area contributed by atoms with Crippen molar-refractivity contribution in [2.24, 2.45) is 5.92 Å². The Labute approximate surface area is 115 Å². The largest absolute Gasteiger partial charge is 0.339 e. The van der Waals surface area contributed by atoms with Gasteiger partial charge in [-0.25, -0.2) is 0 Å². The van der Waals surface area contributed by atoms with Gasteiger partial charge in [0.05, 0.1) is 5.92 Å². The first-order valence-corrected chi connectivity index (χ1v) is 7.23. The van der Waals surface area contributed by atoms with Crippen molar-refractivity contribution in [1.82, 2.24) is 10.2 Å². The van der Waals surface area contributed by atoms with Crippen LogP contribution in [0, 0.1) is 12.8 Å². The number of amides is 1. The number of nitrogens with zero attached hydrogens (tertiary/aromatic N) is 1. The van der Waals surface area contributed by atoms with Gasteiger partial charge in [0.15, 0.2) is 0 Å². The van der Waals surface area contributed by atoms with E-state index in [1.807, 2.05) is 0 Å². The first kappa shape index (κ1) is 12.7. The summed E-state index contributed by atoms with van der Waals surface area (Å²) in [6.07, 6.45) is 1.09. The number of aryl methyl sites for hydroxylation is 1. The van der Waals surface area contributed by atoms with Crippen molar-refractivity contribution in [2.75, 3.05) is 19.6 Å². The lowest BCUT2D eigenvalue weighted by molar-refractivity contribution is -0.137. The van der Waals surface area contributed by atoms with Gasteiger partial charge < -0.3 is 10.2 Å². The fourth-order valence-corrected chi connectivity index (χ4v) is 3.31. The summed E-state index contributed by atoms with van der Waals surface area (Å²) in [6, 6.07) is 8.94. The molecule has 2 aliphatic heterocycles. The topological polar surface area (TPSA) is 32.3 Å². The molecule has 1 amide bonds. The van der Waals surface area contributed by atoms with Crippen LogP contribution in [0.3, 0.4) is 0 Å². The highest BCUT2D eigenvalue weighted by atomic mass is 16.2. The van der Waals surface area contributed by atoms with E-state index >= 15 is 0 Å². The molecular formula is C16H22N2O. The molecule has 2 unspecified atom stereocenters. The van der Waals surface area contributed by atoms with E-state index in [4.69, 9.17) is 0 Å². The molecule has 0 aliphatic carbocycles. The molecule has 3 nitrogen and oxygen atoms in total. The van der Waals surface area contributed by atoms with Crippen molar-refractivity contribution in [3.05, 3.63) is 35.4 Å². The number of rotatable bonds is 2. The van der Waals surface area contributed by atoms with E-state index in [-0.39, 0.29) is 5.92 Å². The molecule has 0 saturated carbocycles. The van der Waals surface area contributed by atoms with Gasteiger partial charge in [0.1, 0.15) is 0 Å². The van der Waals surface area contributed by atoms with Gasteiger partial charge in [-0.1, -0.05) is 24.3 Å². The number of nitrogens with one attached hydrogen (secondary N) is 1. The Balaban J connectivity index is 1.74. The third kappa shape index (κ3) is 2.27. The van der Waals surface area contributed by atoms with Crippen molar-refractivity contribution in [3.8, 4) is 0 Å². The Bertz CT molecular complexity index is 481. The van der Waals surface area contributed by atoms with Gasteiger partial charge in [-0.15, -0.1) is 0 Å². The van der Waals surface area contributed by atoms with E-state index in [2.05, 4.69) is 48.3 Å². The standard InChI is InChI=1S/C16H22N2O/c1-11-5-3-4-6-15(11)13-7-12(2)18(10-13)16(19)14-8-17-9-14/h3-6,12-14,17H,7-10H2,1-2H3. The van der Waals surface area contributed by atoms with Crippen LogP contribution in [-0.4, -0.2) is 36.5 Å². The molecule has 2 saturated heterocycles. The molecule has 0 spiro atoms. The number of hydrogen-bond acceptors (Lipinski definition) is 2. The Morgan fingerprint density at radius 2 is 2.05 bits per heavy atom. The molecule has 2 atom stereocenters. The van der Waals surface area contributed by atoms with E-state index in [9.17, 15) is 4.79 Å². The van der Waals surface area contributed by atoms with Crippen molar-refractivity contribution < 1.29 is 4.79 Å². The molecule has 0 bridgehead atoms. The molecule has 1 N–H and O–H groups in total. The van der Waals surface area contributed by atoms with E-state index in [1.165, 1.54) is 11.1 Å². The minimum absolute atomic E-state index is 0.220. The first-order valence-electron chi connectivity index (χ1n) is 7.23. The number of carbonyl (C=O) groups is 1. The highest BCUT2D eigenvalue weighted by Crippen LogP contribution is 2.34. The second kappa shape index (κ2) is 4.97. The average molecular weight is 258 g/mol. The zero-order valence-electron chi connectivity index (χ0n) is 11.7. The van der Waals surface area contributed by atoms with Crippen LogP contribution in [0.1, 0.15) is 30.4 Å². The smallest absolute Gasteiger partial charge is 0.228 e. The van der Waals surface area contributed by atoms with Gasteiger partial charge in [-0.05, 0) is 31.4 Å². The molecule has 19 heavy (non-hydrogen) atoms. The zero-order chi connectivity index (χ0) is 13.4. The van der Waals surface area contributed by atoms with Crippen LogP contribution >= 0.6 is 0 Å². The Morgan fingerprint density at radius 1 is 1.32 bits per heavy atom. The summed E-state index contributed by atoms with van der Waals surface area (Å²) in [6.45, 7) is 6.96. The van der Waals surface area contributed by atoms with E-state index in [0.717, 1.165) is 26.1 Å². The summed E-state index contributed by atoms with van der Waals surface area (Å²) < 4.78 is 0. The second-order valence-corrected chi connectivity index (χ2v) is 5.98. The van der Waals surface area contributed by atoms with Crippen LogP contribution < -0.4 is 5.32 Å². The predicted octanol–water partition coefficient (Wildman–Crippen LogP) is 1.92. The minimum Gasteiger partial charge on any atom is -0.339 e. The second-order valence-electron chi connectivity index (χ2n) is 5.98. The summed E-state index contributed by atoms with van der Waals surface area (Å²) in [5, 5.41) is 3.18. The number of likely N-dealkylation sites (tertiary alicyclic amines) is 1. The summed E-state index contributed by atoms with van der Waals surface area (Å²) in [5.74, 6) is 1.08. The lowest BCUT2D eigenvalue weighted by Crippen LogP contribution is -2.52. The number of carbonyl (C=O) groups excluding carboxylic acids is 1. The van der Waals surface area contributed by atoms with Crippen LogP contribution in [0.4, 0.5) is 0 Å². The highest BCUT2D eigenvalue weighted by Gasteiger charge is 2.38. The zero-order valence-corrected chi connectivity index (χ0v) is 11.7. The van der Waals surface area contributed by atoms with Gasteiger partial charge in [0, 0.05) is 31.6 Å². The van der Waals surface area contributed by atoms with E-state index in [1.54, 1.807) is 0 Å². The maximum atomic E-state index is 12.4. The molecule has 2 heterocycles. The van der Waals surface area contributed by atoms with Gasteiger partial charge >= 0.3 is 0 Å². The summed E-state index contributed by atoms with van der Waals surface area (Å²) >= 11 is 0. The van der Waals surface area contributed by atoms with Gasteiger partial charge in [-0.3, -0.25) is 4.79 Å². The third-order valence-electron chi connectivity index (χ3n) is 4.62. The van der Waals surface area contributed by atoms with Crippen molar-refractivity contribution in [1.29, 1.82) is 0 Å². The summed E-state index contributed by atoms with van der Waals surface area (Å²) in [4.78, 5) is 14.5. The molecule has 3 heteroatoms. The molecule has 2 fully saturated rings. The van der Waals surface area contributed by atoms with Crippen LogP contribution in [0.15, 0.2) is 24.3 Å². The first-order chi connectivity index (χ1) is 9.16. The molecule has 1 aromatic rings. The Hall–Kier alpha value is -1.35. The summed E-state index contributed by atoms with van der Waals surface area (Å²) in [7, 11) is 0. The molecule has 1 aromatic carbocycles. The Kier molecular flexibility index (Phi) is 3.31.